The SMILES string of the molecule is O=C(OCc1ccccc1)N1CCC(O)(c2nn[nH]n2)C1. The fourth-order valence-corrected chi connectivity index (χ4v) is 2.30. The summed E-state index contributed by atoms with van der Waals surface area (Å²) >= 11 is 0. The van der Waals surface area contributed by atoms with Gasteiger partial charge in [-0.2, -0.15) is 5.21 Å². The van der Waals surface area contributed by atoms with Gasteiger partial charge < -0.3 is 14.7 Å². The van der Waals surface area contributed by atoms with E-state index in [2.05, 4.69) is 20.6 Å². The number of nitrogens with one attached hydrogen (secondary N) is 1. The summed E-state index contributed by atoms with van der Waals surface area (Å²) in [5.74, 6) is 0.195. The minimum absolute atomic E-state index is 0.0974. The maximum Gasteiger partial charge on any atom is 0.410 e. The summed E-state index contributed by atoms with van der Waals surface area (Å²) in [5, 5.41) is 23.7. The summed E-state index contributed by atoms with van der Waals surface area (Å²) in [5.41, 5.74) is -0.350. The first-order chi connectivity index (χ1) is 10.2. The van der Waals surface area contributed by atoms with Crippen molar-refractivity contribution in [1.82, 2.24) is 25.5 Å². The van der Waals surface area contributed by atoms with E-state index < -0.39 is 11.7 Å². The molecule has 1 saturated heterocycles. The molecule has 3 rings (SSSR count). The summed E-state index contributed by atoms with van der Waals surface area (Å²) in [4.78, 5) is 13.4. The Morgan fingerprint density at radius 1 is 1.43 bits per heavy atom. The molecule has 1 aliphatic rings. The van der Waals surface area contributed by atoms with Crippen molar-refractivity contribution in [2.45, 2.75) is 18.6 Å². The van der Waals surface area contributed by atoms with Crippen LogP contribution in [0.5, 0.6) is 0 Å². The smallest absolute Gasteiger partial charge is 0.410 e. The van der Waals surface area contributed by atoms with Crippen molar-refractivity contribution in [1.29, 1.82) is 0 Å². The maximum atomic E-state index is 12.0. The molecule has 8 heteroatoms. The van der Waals surface area contributed by atoms with Gasteiger partial charge in [0.2, 0.25) is 5.82 Å². The lowest BCUT2D eigenvalue weighted by atomic mass is 10.0. The van der Waals surface area contributed by atoms with Crippen LogP contribution in [0.25, 0.3) is 0 Å². The Morgan fingerprint density at radius 3 is 2.95 bits per heavy atom. The van der Waals surface area contributed by atoms with Crippen LogP contribution in [0.3, 0.4) is 0 Å². The van der Waals surface area contributed by atoms with Crippen molar-refractivity contribution >= 4 is 6.09 Å². The van der Waals surface area contributed by atoms with Crippen molar-refractivity contribution < 1.29 is 14.6 Å². The Hall–Kier alpha value is -2.48. The number of hydrogen-bond acceptors (Lipinski definition) is 6. The number of ether oxygens (including phenoxy) is 1. The molecule has 0 spiro atoms. The van der Waals surface area contributed by atoms with Crippen molar-refractivity contribution in [3.63, 3.8) is 0 Å². The van der Waals surface area contributed by atoms with E-state index in [4.69, 9.17) is 4.74 Å². The van der Waals surface area contributed by atoms with Crippen LogP contribution >= 0.6 is 0 Å². The standard InChI is InChI=1S/C13H15N5O3/c19-12(21-8-10-4-2-1-3-5-10)18-7-6-13(20,9-18)11-14-16-17-15-11/h1-5,20H,6-9H2,(H,14,15,16,17). The quantitative estimate of drug-likeness (QED) is 0.849. The number of benzene rings is 1. The molecule has 0 radical (unpaired) electrons. The summed E-state index contributed by atoms with van der Waals surface area (Å²) in [6.45, 7) is 0.690. The molecule has 1 aromatic carbocycles. The van der Waals surface area contributed by atoms with Gasteiger partial charge in [-0.25, -0.2) is 4.79 Å². The topological polar surface area (TPSA) is 104 Å². The second-order valence-electron chi connectivity index (χ2n) is 4.98. The van der Waals surface area contributed by atoms with Gasteiger partial charge >= 0.3 is 6.09 Å². The van der Waals surface area contributed by atoms with Crippen LogP contribution < -0.4 is 0 Å². The third kappa shape index (κ3) is 2.84. The number of tetrazole rings is 1. The molecule has 2 aromatic rings. The van der Waals surface area contributed by atoms with Crippen LogP contribution in [0.1, 0.15) is 17.8 Å². The van der Waals surface area contributed by atoms with Gasteiger partial charge in [0, 0.05) is 13.0 Å². The van der Waals surface area contributed by atoms with Crippen LogP contribution in [0.4, 0.5) is 4.79 Å². The first-order valence-electron chi connectivity index (χ1n) is 6.59. The van der Waals surface area contributed by atoms with E-state index in [9.17, 15) is 9.90 Å². The number of amides is 1. The largest absolute Gasteiger partial charge is 0.445 e. The predicted octanol–water partition coefficient (Wildman–Crippen LogP) is 0.430. The minimum atomic E-state index is -1.27. The van der Waals surface area contributed by atoms with Crippen LogP contribution in [0, 0.1) is 0 Å². The number of aromatic amines is 1. The molecule has 1 aliphatic heterocycles. The first kappa shape index (κ1) is 13.5. The number of hydrogen-bond donors (Lipinski definition) is 2. The highest BCUT2D eigenvalue weighted by Gasteiger charge is 2.43. The van der Waals surface area contributed by atoms with Crippen LogP contribution in [0.15, 0.2) is 30.3 Å². The molecular formula is C13H15N5O3. The normalized spacial score (nSPS) is 21.5. The molecule has 1 atom stereocenters. The van der Waals surface area contributed by atoms with E-state index in [0.717, 1.165) is 5.56 Å². The number of rotatable bonds is 3. The van der Waals surface area contributed by atoms with Gasteiger partial charge in [0.15, 0.2) is 0 Å². The molecule has 21 heavy (non-hydrogen) atoms. The number of likely N-dealkylation sites (tertiary alicyclic amines) is 1. The van der Waals surface area contributed by atoms with Crippen LogP contribution in [-0.4, -0.2) is 49.8 Å². The third-order valence-electron chi connectivity index (χ3n) is 3.47. The maximum absolute atomic E-state index is 12.0. The first-order valence-corrected chi connectivity index (χ1v) is 6.59. The molecule has 2 heterocycles. The lowest BCUT2D eigenvalue weighted by molar-refractivity contribution is 0.0330. The van der Waals surface area contributed by atoms with E-state index in [1.165, 1.54) is 4.90 Å². The van der Waals surface area contributed by atoms with Gasteiger partial charge in [0.1, 0.15) is 12.2 Å². The van der Waals surface area contributed by atoms with E-state index in [1.54, 1.807) is 0 Å². The molecule has 0 bridgehead atoms. The van der Waals surface area contributed by atoms with E-state index >= 15 is 0 Å². The van der Waals surface area contributed by atoms with Crippen LogP contribution in [0.2, 0.25) is 0 Å². The van der Waals surface area contributed by atoms with E-state index in [-0.39, 0.29) is 19.0 Å². The molecule has 8 nitrogen and oxygen atoms in total. The highest BCUT2D eigenvalue weighted by molar-refractivity contribution is 5.68. The lowest BCUT2D eigenvalue weighted by Gasteiger charge is -2.19. The van der Waals surface area contributed by atoms with Gasteiger partial charge in [-0.05, 0) is 5.56 Å². The second kappa shape index (κ2) is 5.49. The Balaban J connectivity index is 1.57. The lowest BCUT2D eigenvalue weighted by Crippen LogP contribution is -2.35. The fourth-order valence-electron chi connectivity index (χ4n) is 2.30. The highest BCUT2D eigenvalue weighted by atomic mass is 16.6. The van der Waals surface area contributed by atoms with Gasteiger partial charge in [-0.3, -0.25) is 0 Å². The van der Waals surface area contributed by atoms with Crippen LogP contribution in [-0.2, 0) is 16.9 Å². The molecule has 2 N–H and O–H groups in total. The Labute approximate surface area is 120 Å². The molecule has 1 aromatic heterocycles. The number of carbonyl (C=O) groups is 1. The number of aromatic nitrogens is 4. The van der Waals surface area contributed by atoms with Gasteiger partial charge in [0.05, 0.1) is 6.54 Å². The summed E-state index contributed by atoms with van der Waals surface area (Å²) in [6.07, 6.45) is -0.106. The summed E-state index contributed by atoms with van der Waals surface area (Å²) in [7, 11) is 0. The van der Waals surface area contributed by atoms with Crippen molar-refractivity contribution in [3.8, 4) is 0 Å². The average Bonchev–Trinajstić information content (AvgIpc) is 3.16. The number of aliphatic hydroxyl groups is 1. The van der Waals surface area contributed by atoms with E-state index in [0.29, 0.717) is 13.0 Å². The number of nitrogens with zero attached hydrogens (tertiary/aromatic N) is 4. The zero-order valence-electron chi connectivity index (χ0n) is 11.3. The molecule has 1 unspecified atom stereocenters. The van der Waals surface area contributed by atoms with Gasteiger partial charge in [0.25, 0.3) is 0 Å². The zero-order valence-corrected chi connectivity index (χ0v) is 11.3. The minimum Gasteiger partial charge on any atom is -0.445 e. The van der Waals surface area contributed by atoms with E-state index in [1.807, 2.05) is 30.3 Å². The van der Waals surface area contributed by atoms with Crippen molar-refractivity contribution in [2.24, 2.45) is 0 Å². The number of carbonyl (C=O) groups excluding carboxylic acids is 1. The van der Waals surface area contributed by atoms with Gasteiger partial charge in [-0.1, -0.05) is 35.5 Å². The van der Waals surface area contributed by atoms with Crippen molar-refractivity contribution in [3.05, 3.63) is 41.7 Å². The Bertz CT molecular complexity index is 604. The van der Waals surface area contributed by atoms with Crippen molar-refractivity contribution in [2.75, 3.05) is 13.1 Å². The predicted molar refractivity (Wildman–Crippen MR) is 70.9 cm³/mol. The third-order valence-corrected chi connectivity index (χ3v) is 3.47. The molecule has 1 amide bonds. The van der Waals surface area contributed by atoms with Gasteiger partial charge in [-0.15, -0.1) is 10.2 Å². The summed E-state index contributed by atoms with van der Waals surface area (Å²) < 4.78 is 5.23. The molecule has 110 valence electrons. The molecular weight excluding hydrogens is 274 g/mol. The number of H-pyrrole nitrogens is 1. The summed E-state index contributed by atoms with van der Waals surface area (Å²) in [6, 6.07) is 9.43. The monoisotopic (exact) mass is 289 g/mol. The Kier molecular flexibility index (Phi) is 3.53. The molecule has 0 aliphatic carbocycles. The highest BCUT2D eigenvalue weighted by Crippen LogP contribution is 2.29. The average molecular weight is 289 g/mol. The number of β-amino-alcohol motifs (C(OH)–C–C–N with tert-alkyl or cyclic N) is 1. The zero-order chi connectivity index (χ0) is 14.7. The fraction of sp³-hybridized carbons (Fsp3) is 0.385. The second-order valence-corrected chi connectivity index (χ2v) is 4.98. The molecule has 1 fully saturated rings. The molecule has 0 saturated carbocycles. The Morgan fingerprint density at radius 2 is 2.24 bits per heavy atom.